The molecule has 226 valence electrons. The van der Waals surface area contributed by atoms with Crippen LogP contribution < -0.4 is 10.1 Å². The van der Waals surface area contributed by atoms with Gasteiger partial charge in [-0.2, -0.15) is 0 Å². The van der Waals surface area contributed by atoms with E-state index in [1.807, 2.05) is 48.0 Å². The molecule has 0 spiro atoms. The fourth-order valence-electron chi connectivity index (χ4n) is 4.92. The van der Waals surface area contributed by atoms with Crippen LogP contribution in [0.2, 0.25) is 0 Å². The molecule has 1 unspecified atom stereocenters. The quantitative estimate of drug-likeness (QED) is 0.272. The van der Waals surface area contributed by atoms with Gasteiger partial charge in [0.25, 0.3) is 0 Å². The van der Waals surface area contributed by atoms with Gasteiger partial charge in [-0.3, -0.25) is 14.5 Å². The maximum Gasteiger partial charge on any atom is 0.408 e. The summed E-state index contributed by atoms with van der Waals surface area (Å²) in [5, 5.41) is 13.0. The first-order chi connectivity index (χ1) is 21.0. The van der Waals surface area contributed by atoms with Crippen molar-refractivity contribution < 1.29 is 14.3 Å². The molecule has 2 aromatic heterocycles. The van der Waals surface area contributed by atoms with Gasteiger partial charge in [-0.1, -0.05) is 35.8 Å². The third kappa shape index (κ3) is 9.07. The van der Waals surface area contributed by atoms with Crippen molar-refractivity contribution in [3.05, 3.63) is 71.8 Å². The Hall–Kier alpha value is -3.85. The third-order valence-electron chi connectivity index (χ3n) is 7.43. The van der Waals surface area contributed by atoms with E-state index in [2.05, 4.69) is 61.3 Å². The molecule has 3 aromatic rings. The number of nitrogens with one attached hydrogen (secondary N) is 1. The monoisotopic (exact) mass is 601 g/mol. The summed E-state index contributed by atoms with van der Waals surface area (Å²) in [5.41, 5.74) is 2.72. The molecule has 1 aliphatic heterocycles. The molecule has 1 N–H and O–H groups in total. The Morgan fingerprint density at radius 2 is 2.07 bits per heavy atom. The lowest BCUT2D eigenvalue weighted by Crippen LogP contribution is -2.46. The topological polar surface area (TPSA) is 97.6 Å². The summed E-state index contributed by atoms with van der Waals surface area (Å²) in [6, 6.07) is 9.65. The van der Waals surface area contributed by atoms with Crippen molar-refractivity contribution in [2.75, 3.05) is 52.9 Å². The van der Waals surface area contributed by atoms with Crippen LogP contribution in [0, 0.1) is 18.8 Å². The number of piperazine rings is 1. The number of thioether (sulfide) groups is 1. The number of likely N-dealkylation sites (N-methyl/N-ethyl adjacent to an activating group) is 1. The number of nitrogens with zero attached hydrogens (tertiary/aromatic N) is 6. The van der Waals surface area contributed by atoms with Gasteiger partial charge in [0, 0.05) is 56.3 Å². The Morgan fingerprint density at radius 3 is 2.84 bits per heavy atom. The number of amides is 1. The molecule has 0 radical (unpaired) electrons. The molecule has 1 aliphatic carbocycles. The number of alkyl carbamates (subject to hydrolysis) is 1. The molecule has 1 amide bonds. The molecule has 10 nitrogen and oxygen atoms in total. The zero-order valence-electron chi connectivity index (χ0n) is 24.9. The summed E-state index contributed by atoms with van der Waals surface area (Å²) in [6.07, 6.45) is 11.1. The van der Waals surface area contributed by atoms with Crippen LogP contribution in [-0.2, 0) is 11.3 Å². The van der Waals surface area contributed by atoms with Crippen molar-refractivity contribution in [1.29, 1.82) is 0 Å². The van der Waals surface area contributed by atoms with Gasteiger partial charge in [0.15, 0.2) is 17.6 Å². The number of carbonyl (C=O) groups is 1. The van der Waals surface area contributed by atoms with E-state index in [4.69, 9.17) is 9.47 Å². The fourth-order valence-corrected chi connectivity index (χ4v) is 6.06. The largest absolute Gasteiger partial charge is 0.486 e. The van der Waals surface area contributed by atoms with Crippen LogP contribution in [0.15, 0.2) is 60.0 Å². The molecule has 3 heterocycles. The van der Waals surface area contributed by atoms with Gasteiger partial charge < -0.3 is 19.7 Å². The predicted molar refractivity (Wildman–Crippen MR) is 167 cm³/mol. The molecule has 5 rings (SSSR count). The minimum Gasteiger partial charge on any atom is -0.486 e. The van der Waals surface area contributed by atoms with Gasteiger partial charge >= 0.3 is 6.09 Å². The third-order valence-corrected chi connectivity index (χ3v) is 8.60. The van der Waals surface area contributed by atoms with Crippen LogP contribution in [0.5, 0.6) is 5.75 Å². The highest BCUT2D eigenvalue weighted by Crippen LogP contribution is 2.31. The standard InChI is InChI=1S/C32H39N7O3S/c1-25-22-28(13-12-26(25)8-7-21-41-32(40)34-15-16-38-19-17-37(2)18-20-38)42-24-30-35-36-31(43-29-10-4-3-5-11-29)39(30)27-9-6-14-33-23-27/h4,6,9-10,12-14,22-23,29H,3,5,11,15-21,24H2,1-2H3,(H,34,40). The second-order valence-electron chi connectivity index (χ2n) is 10.7. The second-order valence-corrected chi connectivity index (χ2v) is 11.9. The number of rotatable bonds is 10. The van der Waals surface area contributed by atoms with Crippen molar-refractivity contribution >= 4 is 17.9 Å². The van der Waals surface area contributed by atoms with Gasteiger partial charge in [0.1, 0.15) is 12.4 Å². The summed E-state index contributed by atoms with van der Waals surface area (Å²) in [6.45, 7) is 7.80. The van der Waals surface area contributed by atoms with Crippen molar-refractivity contribution in [3.63, 3.8) is 0 Å². The van der Waals surface area contributed by atoms with E-state index in [0.717, 1.165) is 67.5 Å². The van der Waals surface area contributed by atoms with E-state index >= 15 is 0 Å². The molecule has 11 heteroatoms. The number of aryl methyl sites for hydroxylation is 1. The molecule has 0 bridgehead atoms. The molecule has 2 aliphatic rings. The smallest absolute Gasteiger partial charge is 0.408 e. The van der Waals surface area contributed by atoms with Crippen LogP contribution in [-0.4, -0.2) is 93.8 Å². The molecule has 43 heavy (non-hydrogen) atoms. The fraction of sp³-hybridized carbons (Fsp3) is 0.438. The Morgan fingerprint density at radius 1 is 1.19 bits per heavy atom. The predicted octanol–water partition coefficient (Wildman–Crippen LogP) is 4.08. The van der Waals surface area contributed by atoms with E-state index in [0.29, 0.717) is 23.4 Å². The average Bonchev–Trinajstić information content (AvgIpc) is 3.43. The summed E-state index contributed by atoms with van der Waals surface area (Å²) in [7, 11) is 2.13. The summed E-state index contributed by atoms with van der Waals surface area (Å²) < 4.78 is 13.4. The highest BCUT2D eigenvalue weighted by atomic mass is 32.2. The van der Waals surface area contributed by atoms with Gasteiger partial charge in [0.05, 0.1) is 11.9 Å². The maximum atomic E-state index is 12.0. The first-order valence-electron chi connectivity index (χ1n) is 14.8. The van der Waals surface area contributed by atoms with Gasteiger partial charge in [0.2, 0.25) is 0 Å². The number of hydrogen-bond acceptors (Lipinski definition) is 9. The maximum absolute atomic E-state index is 12.0. The van der Waals surface area contributed by atoms with E-state index in [1.165, 1.54) is 6.42 Å². The number of pyridine rings is 1. The van der Waals surface area contributed by atoms with Crippen molar-refractivity contribution in [3.8, 4) is 23.3 Å². The summed E-state index contributed by atoms with van der Waals surface area (Å²) >= 11 is 1.72. The molecule has 1 fully saturated rings. The Balaban J connectivity index is 1.12. The van der Waals surface area contributed by atoms with Gasteiger partial charge in [-0.15, -0.1) is 10.2 Å². The highest BCUT2D eigenvalue weighted by Gasteiger charge is 2.20. The highest BCUT2D eigenvalue weighted by molar-refractivity contribution is 7.99. The molecule has 0 saturated carbocycles. The van der Waals surface area contributed by atoms with E-state index in [9.17, 15) is 4.79 Å². The van der Waals surface area contributed by atoms with Crippen LogP contribution in [0.4, 0.5) is 4.79 Å². The molecule has 1 aromatic carbocycles. The minimum absolute atomic E-state index is 0.0268. The number of ether oxygens (including phenoxy) is 2. The average molecular weight is 602 g/mol. The molecular weight excluding hydrogens is 562 g/mol. The Kier molecular flexibility index (Phi) is 11.1. The van der Waals surface area contributed by atoms with E-state index in [-0.39, 0.29) is 13.2 Å². The number of carbonyl (C=O) groups excluding carboxylic acids is 1. The van der Waals surface area contributed by atoms with Crippen molar-refractivity contribution in [2.45, 2.75) is 43.2 Å². The number of aromatic nitrogens is 4. The second kappa shape index (κ2) is 15.6. The lowest BCUT2D eigenvalue weighted by Gasteiger charge is -2.32. The molecule has 1 atom stereocenters. The van der Waals surface area contributed by atoms with Crippen LogP contribution in [0.3, 0.4) is 0 Å². The SMILES string of the molecule is Cc1cc(OCc2nnc(SC3C=CCCC3)n2-c2cccnc2)ccc1C#CCOC(=O)NCCN1CCN(C)CC1. The van der Waals surface area contributed by atoms with Crippen LogP contribution >= 0.6 is 11.8 Å². The normalized spacial score (nSPS) is 17.2. The first kappa shape index (κ1) is 30.6. The number of allylic oxidation sites excluding steroid dienone is 1. The van der Waals surface area contributed by atoms with Gasteiger partial charge in [-0.05, 0) is 69.1 Å². The van der Waals surface area contributed by atoms with Crippen molar-refractivity contribution in [2.24, 2.45) is 0 Å². The van der Waals surface area contributed by atoms with E-state index in [1.54, 1.807) is 18.0 Å². The minimum atomic E-state index is -0.445. The summed E-state index contributed by atoms with van der Waals surface area (Å²) in [5.74, 6) is 7.44. The molecular formula is C32H39N7O3S. The van der Waals surface area contributed by atoms with Crippen molar-refractivity contribution in [1.82, 2.24) is 34.9 Å². The number of hydrogen-bond donors (Lipinski definition) is 1. The van der Waals surface area contributed by atoms with Gasteiger partial charge in [-0.25, -0.2) is 4.79 Å². The first-order valence-corrected chi connectivity index (χ1v) is 15.6. The number of benzene rings is 1. The lowest BCUT2D eigenvalue weighted by atomic mass is 10.1. The van der Waals surface area contributed by atoms with Crippen LogP contribution in [0.1, 0.15) is 36.2 Å². The van der Waals surface area contributed by atoms with E-state index < -0.39 is 6.09 Å². The zero-order chi connectivity index (χ0) is 29.9. The molecule has 1 saturated heterocycles. The Bertz CT molecular complexity index is 1440. The summed E-state index contributed by atoms with van der Waals surface area (Å²) in [4.78, 5) is 20.9. The zero-order valence-corrected chi connectivity index (χ0v) is 25.7. The Labute approximate surface area is 257 Å². The van der Waals surface area contributed by atoms with Crippen LogP contribution in [0.25, 0.3) is 5.69 Å². The lowest BCUT2D eigenvalue weighted by molar-refractivity contribution is 0.144.